The van der Waals surface area contributed by atoms with Crippen LogP contribution in [0.15, 0.2) is 18.3 Å². The Balaban J connectivity index is 0.000001000. The second-order valence-corrected chi connectivity index (χ2v) is 2.14. The standard InChI is InChI=1S/C8H13NO.Na/c1-2-10-7-5-8-4-3-6-9-8;/h3-4,6,9H,2,5,7H2,1H3;. The molecule has 1 aromatic heterocycles. The summed E-state index contributed by atoms with van der Waals surface area (Å²) in [5.41, 5.74) is 1.24. The maximum Gasteiger partial charge on any atom is 0.0520 e. The molecule has 1 aromatic rings. The summed E-state index contributed by atoms with van der Waals surface area (Å²) < 4.78 is 5.19. The Hall–Kier alpha value is 0.240. The second kappa shape index (κ2) is 6.92. The van der Waals surface area contributed by atoms with Crippen LogP contribution >= 0.6 is 0 Å². The molecule has 0 amide bonds. The molecule has 57 valence electrons. The molecule has 1 rings (SSSR count). The molecule has 0 unspecified atom stereocenters. The first-order chi connectivity index (χ1) is 4.93. The van der Waals surface area contributed by atoms with Crippen LogP contribution in [0.2, 0.25) is 0 Å². The fourth-order valence-corrected chi connectivity index (χ4v) is 0.849. The molecular weight excluding hydrogens is 149 g/mol. The number of ether oxygens (including phenoxy) is 1. The summed E-state index contributed by atoms with van der Waals surface area (Å²) in [4.78, 5) is 3.12. The van der Waals surface area contributed by atoms with Crippen LogP contribution in [0.25, 0.3) is 0 Å². The van der Waals surface area contributed by atoms with Crippen LogP contribution in [-0.2, 0) is 11.2 Å². The predicted molar refractivity (Wildman–Crippen MR) is 46.7 cm³/mol. The second-order valence-electron chi connectivity index (χ2n) is 2.14. The SMILES string of the molecule is CCOCCc1ccc[nH]1.[Na]. The van der Waals surface area contributed by atoms with Crippen LogP contribution in [0.5, 0.6) is 0 Å². The van der Waals surface area contributed by atoms with E-state index >= 15 is 0 Å². The molecule has 0 aliphatic heterocycles. The molecule has 11 heavy (non-hydrogen) atoms. The molecule has 0 bridgehead atoms. The van der Waals surface area contributed by atoms with E-state index in [9.17, 15) is 0 Å². The van der Waals surface area contributed by atoms with Crippen molar-refractivity contribution in [2.75, 3.05) is 13.2 Å². The van der Waals surface area contributed by atoms with Gasteiger partial charge >= 0.3 is 0 Å². The van der Waals surface area contributed by atoms with E-state index < -0.39 is 0 Å². The monoisotopic (exact) mass is 162 g/mol. The van der Waals surface area contributed by atoms with Gasteiger partial charge in [-0.2, -0.15) is 0 Å². The van der Waals surface area contributed by atoms with E-state index in [1.165, 1.54) is 5.69 Å². The van der Waals surface area contributed by atoms with Crippen molar-refractivity contribution >= 4 is 29.6 Å². The Morgan fingerprint density at radius 3 is 2.91 bits per heavy atom. The summed E-state index contributed by atoms with van der Waals surface area (Å²) in [5, 5.41) is 0. The van der Waals surface area contributed by atoms with Crippen molar-refractivity contribution < 1.29 is 4.74 Å². The molecule has 0 fully saturated rings. The van der Waals surface area contributed by atoms with Gasteiger partial charge in [-0.3, -0.25) is 0 Å². The fraction of sp³-hybridized carbons (Fsp3) is 0.500. The van der Waals surface area contributed by atoms with Crippen molar-refractivity contribution in [2.45, 2.75) is 13.3 Å². The summed E-state index contributed by atoms with van der Waals surface area (Å²) >= 11 is 0. The van der Waals surface area contributed by atoms with Gasteiger partial charge in [0.2, 0.25) is 0 Å². The van der Waals surface area contributed by atoms with Gasteiger partial charge in [-0.15, -0.1) is 0 Å². The molecule has 1 radical (unpaired) electrons. The van der Waals surface area contributed by atoms with Crippen LogP contribution in [-0.4, -0.2) is 47.8 Å². The average Bonchev–Trinajstić information content (AvgIpc) is 2.41. The van der Waals surface area contributed by atoms with Crippen LogP contribution < -0.4 is 0 Å². The van der Waals surface area contributed by atoms with Gasteiger partial charge in [-0.1, -0.05) is 0 Å². The van der Waals surface area contributed by atoms with Crippen molar-refractivity contribution in [2.24, 2.45) is 0 Å². The molecule has 0 aliphatic rings. The third-order valence-electron chi connectivity index (χ3n) is 1.38. The maximum absolute atomic E-state index is 5.19. The molecule has 2 nitrogen and oxygen atoms in total. The minimum Gasteiger partial charge on any atom is -0.381 e. The number of hydrogen-bond acceptors (Lipinski definition) is 1. The van der Waals surface area contributed by atoms with Crippen LogP contribution in [0.3, 0.4) is 0 Å². The van der Waals surface area contributed by atoms with Gasteiger partial charge in [-0.05, 0) is 19.1 Å². The van der Waals surface area contributed by atoms with E-state index in [2.05, 4.69) is 11.1 Å². The van der Waals surface area contributed by atoms with Crippen molar-refractivity contribution in [1.29, 1.82) is 0 Å². The number of hydrogen-bond donors (Lipinski definition) is 1. The van der Waals surface area contributed by atoms with Gasteiger partial charge < -0.3 is 9.72 Å². The maximum atomic E-state index is 5.19. The Morgan fingerprint density at radius 1 is 1.55 bits per heavy atom. The molecular formula is C8H13NNaO. The Bertz CT molecular complexity index is 163. The third kappa shape index (κ3) is 4.64. The van der Waals surface area contributed by atoms with E-state index in [1.807, 2.05) is 19.2 Å². The van der Waals surface area contributed by atoms with E-state index in [1.54, 1.807) is 0 Å². The Kier molecular flexibility index (Phi) is 7.07. The van der Waals surface area contributed by atoms with Gasteiger partial charge in [0.1, 0.15) is 0 Å². The zero-order chi connectivity index (χ0) is 7.23. The van der Waals surface area contributed by atoms with E-state index in [4.69, 9.17) is 4.74 Å². The Labute approximate surface area is 89.6 Å². The first-order valence-electron chi connectivity index (χ1n) is 3.63. The molecule has 0 aromatic carbocycles. The minimum atomic E-state index is 0. The molecule has 1 heterocycles. The molecule has 0 aliphatic carbocycles. The molecule has 0 saturated heterocycles. The molecule has 0 saturated carbocycles. The number of aromatic nitrogens is 1. The fourth-order valence-electron chi connectivity index (χ4n) is 0.849. The smallest absolute Gasteiger partial charge is 0.0520 e. The minimum absolute atomic E-state index is 0. The van der Waals surface area contributed by atoms with Crippen LogP contribution in [0.1, 0.15) is 12.6 Å². The van der Waals surface area contributed by atoms with E-state index in [0.717, 1.165) is 19.6 Å². The summed E-state index contributed by atoms with van der Waals surface area (Å²) in [6, 6.07) is 4.07. The van der Waals surface area contributed by atoms with Crippen molar-refractivity contribution in [1.82, 2.24) is 4.98 Å². The van der Waals surface area contributed by atoms with Gasteiger partial charge in [0.25, 0.3) is 0 Å². The molecule has 3 heteroatoms. The van der Waals surface area contributed by atoms with Crippen LogP contribution in [0, 0.1) is 0 Å². The summed E-state index contributed by atoms with van der Waals surface area (Å²) in [6.07, 6.45) is 2.92. The topological polar surface area (TPSA) is 25.0 Å². The summed E-state index contributed by atoms with van der Waals surface area (Å²) in [6.45, 7) is 3.63. The Morgan fingerprint density at radius 2 is 2.36 bits per heavy atom. The number of nitrogens with one attached hydrogen (secondary N) is 1. The molecule has 1 N–H and O–H groups in total. The van der Waals surface area contributed by atoms with Gasteiger partial charge in [0.15, 0.2) is 0 Å². The third-order valence-corrected chi connectivity index (χ3v) is 1.38. The number of H-pyrrole nitrogens is 1. The van der Waals surface area contributed by atoms with Gasteiger partial charge in [0, 0.05) is 54.5 Å². The number of aromatic amines is 1. The zero-order valence-corrected chi connectivity index (χ0v) is 9.26. The average molecular weight is 162 g/mol. The normalized spacial score (nSPS) is 9.18. The number of rotatable bonds is 4. The van der Waals surface area contributed by atoms with E-state index in [-0.39, 0.29) is 29.6 Å². The predicted octanol–water partition coefficient (Wildman–Crippen LogP) is 1.21. The van der Waals surface area contributed by atoms with Crippen LogP contribution in [0.4, 0.5) is 0 Å². The zero-order valence-electron chi connectivity index (χ0n) is 7.26. The molecule has 0 spiro atoms. The summed E-state index contributed by atoms with van der Waals surface area (Å²) in [5.74, 6) is 0. The van der Waals surface area contributed by atoms with Gasteiger partial charge in [-0.25, -0.2) is 0 Å². The van der Waals surface area contributed by atoms with E-state index in [0.29, 0.717) is 0 Å². The first kappa shape index (κ1) is 11.2. The van der Waals surface area contributed by atoms with Gasteiger partial charge in [0.05, 0.1) is 6.61 Å². The van der Waals surface area contributed by atoms with Crippen molar-refractivity contribution in [3.63, 3.8) is 0 Å². The first-order valence-corrected chi connectivity index (χ1v) is 3.63. The quantitative estimate of drug-likeness (QED) is 0.522. The molecule has 0 atom stereocenters. The van der Waals surface area contributed by atoms with Crippen molar-refractivity contribution in [3.8, 4) is 0 Å². The van der Waals surface area contributed by atoms with Crippen molar-refractivity contribution in [3.05, 3.63) is 24.0 Å². The summed E-state index contributed by atoms with van der Waals surface area (Å²) in [7, 11) is 0. The largest absolute Gasteiger partial charge is 0.381 e.